The molecule has 0 atom stereocenters. The number of halogens is 1. The molecule has 158 valence electrons. The van der Waals surface area contributed by atoms with Crippen molar-refractivity contribution in [2.45, 2.75) is 64.6 Å². The summed E-state index contributed by atoms with van der Waals surface area (Å²) in [6.45, 7) is 8.98. The summed E-state index contributed by atoms with van der Waals surface area (Å²) in [4.78, 5) is 13.3. The van der Waals surface area contributed by atoms with Crippen LogP contribution in [-0.2, 0) is 9.53 Å². The van der Waals surface area contributed by atoms with E-state index < -0.39 is 11.2 Å². The summed E-state index contributed by atoms with van der Waals surface area (Å²) in [5.74, 6) is 1.34. The fraction of sp³-hybridized carbons (Fsp3) is 0.400. The number of Topliss-reactive ketones (excluding diaryl/α,β-unsaturated/α-hetero) is 1. The number of aryl methyl sites for hydroxylation is 1. The SMILES string of the molecule is Cc1ccc(Oc2ccc(C3CC3)c(C3=C(O)C(C)(C)OC(C)(C)C3=O)c2)cc1Cl. The van der Waals surface area contributed by atoms with Crippen LogP contribution in [0.15, 0.2) is 42.2 Å². The summed E-state index contributed by atoms with van der Waals surface area (Å²) in [6, 6.07) is 11.3. The first-order valence-corrected chi connectivity index (χ1v) is 10.6. The maximum absolute atomic E-state index is 13.3. The molecule has 1 aliphatic heterocycles. The van der Waals surface area contributed by atoms with E-state index in [0.717, 1.165) is 29.5 Å². The molecular formula is C25H27ClO4. The van der Waals surface area contributed by atoms with Gasteiger partial charge in [-0.2, -0.15) is 0 Å². The molecule has 0 bridgehead atoms. The minimum absolute atomic E-state index is 0.0377. The summed E-state index contributed by atoms with van der Waals surface area (Å²) < 4.78 is 11.9. The number of hydrogen-bond acceptors (Lipinski definition) is 4. The molecule has 0 aromatic heterocycles. The average Bonchev–Trinajstić information content (AvgIpc) is 3.48. The molecule has 1 heterocycles. The third-order valence-corrected chi connectivity index (χ3v) is 6.19. The summed E-state index contributed by atoms with van der Waals surface area (Å²) in [5.41, 5.74) is 1.09. The first-order valence-electron chi connectivity index (χ1n) is 10.3. The summed E-state index contributed by atoms with van der Waals surface area (Å²) >= 11 is 6.23. The van der Waals surface area contributed by atoms with Crippen LogP contribution in [0.3, 0.4) is 0 Å². The van der Waals surface area contributed by atoms with Gasteiger partial charge in [-0.3, -0.25) is 4.79 Å². The number of benzene rings is 2. The van der Waals surface area contributed by atoms with Crippen molar-refractivity contribution in [2.75, 3.05) is 0 Å². The second-order valence-corrected chi connectivity index (χ2v) is 9.62. The highest BCUT2D eigenvalue weighted by Gasteiger charge is 2.47. The lowest BCUT2D eigenvalue weighted by Gasteiger charge is -2.40. The van der Waals surface area contributed by atoms with Gasteiger partial charge < -0.3 is 14.6 Å². The molecule has 2 aliphatic rings. The molecule has 0 saturated heterocycles. The Hall–Kier alpha value is -2.30. The zero-order valence-electron chi connectivity index (χ0n) is 18.0. The van der Waals surface area contributed by atoms with Gasteiger partial charge in [-0.05, 0) is 94.3 Å². The van der Waals surface area contributed by atoms with Gasteiger partial charge in [0.2, 0.25) is 0 Å². The molecule has 4 nitrogen and oxygen atoms in total. The van der Waals surface area contributed by atoms with E-state index in [1.54, 1.807) is 33.8 Å². The molecule has 1 fully saturated rings. The van der Waals surface area contributed by atoms with Gasteiger partial charge in [0.05, 0.1) is 5.57 Å². The Labute approximate surface area is 182 Å². The van der Waals surface area contributed by atoms with Crippen LogP contribution < -0.4 is 4.74 Å². The first kappa shape index (κ1) is 21.0. The van der Waals surface area contributed by atoms with Gasteiger partial charge in [-0.25, -0.2) is 0 Å². The predicted molar refractivity (Wildman–Crippen MR) is 118 cm³/mol. The van der Waals surface area contributed by atoms with E-state index in [4.69, 9.17) is 21.1 Å². The van der Waals surface area contributed by atoms with E-state index >= 15 is 0 Å². The molecule has 1 N–H and O–H groups in total. The van der Waals surface area contributed by atoms with Crippen molar-refractivity contribution in [3.63, 3.8) is 0 Å². The molecule has 2 aromatic rings. The Morgan fingerprint density at radius 3 is 2.30 bits per heavy atom. The maximum Gasteiger partial charge on any atom is 0.198 e. The summed E-state index contributed by atoms with van der Waals surface area (Å²) in [6.07, 6.45) is 2.15. The van der Waals surface area contributed by atoms with E-state index in [1.807, 2.05) is 37.3 Å². The standard InChI is InChI=1S/C25H27ClO4/c1-14-6-9-17(13-20(14)26)29-16-10-11-18(15-7-8-15)19(12-16)21-22(27)24(2,3)30-25(4,5)23(21)28/h6,9-13,15,27H,7-8H2,1-5H3. The Morgan fingerprint density at radius 1 is 1.03 bits per heavy atom. The van der Waals surface area contributed by atoms with E-state index in [9.17, 15) is 9.90 Å². The second-order valence-electron chi connectivity index (χ2n) is 9.21. The fourth-order valence-electron chi connectivity index (χ4n) is 4.03. The van der Waals surface area contributed by atoms with Crippen LogP contribution in [0.2, 0.25) is 5.02 Å². The minimum atomic E-state index is -1.03. The Bertz CT molecular complexity index is 1060. The van der Waals surface area contributed by atoms with Gasteiger partial charge in [0, 0.05) is 5.02 Å². The van der Waals surface area contributed by atoms with Crippen molar-refractivity contribution < 1.29 is 19.4 Å². The number of ether oxygens (including phenoxy) is 2. The van der Waals surface area contributed by atoms with E-state index in [-0.39, 0.29) is 11.5 Å². The third-order valence-electron chi connectivity index (χ3n) is 5.78. The molecule has 0 radical (unpaired) electrons. The molecule has 0 amide bonds. The zero-order valence-corrected chi connectivity index (χ0v) is 18.8. The highest BCUT2D eigenvalue weighted by molar-refractivity contribution is 6.31. The van der Waals surface area contributed by atoms with Gasteiger partial charge >= 0.3 is 0 Å². The average molecular weight is 427 g/mol. The van der Waals surface area contributed by atoms with Gasteiger partial charge in [0.1, 0.15) is 28.5 Å². The normalized spacial score (nSPS) is 20.4. The smallest absolute Gasteiger partial charge is 0.198 e. The number of carbonyl (C=O) groups is 1. The van der Waals surface area contributed by atoms with Crippen molar-refractivity contribution in [3.05, 3.63) is 63.9 Å². The second kappa shape index (κ2) is 7.14. The highest BCUT2D eigenvalue weighted by Crippen LogP contribution is 2.48. The number of carbonyl (C=O) groups excluding carboxylic acids is 1. The number of ketones is 1. The number of hydrogen-bond donors (Lipinski definition) is 1. The van der Waals surface area contributed by atoms with Gasteiger partial charge in [-0.1, -0.05) is 23.7 Å². The van der Waals surface area contributed by atoms with Crippen molar-refractivity contribution in [1.82, 2.24) is 0 Å². The van der Waals surface area contributed by atoms with Crippen LogP contribution in [-0.4, -0.2) is 22.1 Å². The molecule has 5 heteroatoms. The Kier molecular flexibility index (Phi) is 4.99. The van der Waals surface area contributed by atoms with Crippen LogP contribution in [0.4, 0.5) is 0 Å². The molecule has 1 aliphatic carbocycles. The van der Waals surface area contributed by atoms with E-state index in [2.05, 4.69) is 0 Å². The molecule has 1 saturated carbocycles. The number of aliphatic hydroxyl groups excluding tert-OH is 1. The van der Waals surface area contributed by atoms with Crippen LogP contribution in [0.5, 0.6) is 11.5 Å². The van der Waals surface area contributed by atoms with Crippen LogP contribution in [0.1, 0.15) is 63.1 Å². The Balaban J connectivity index is 1.82. The molecule has 30 heavy (non-hydrogen) atoms. The molecule has 2 aromatic carbocycles. The maximum atomic E-state index is 13.3. The van der Waals surface area contributed by atoms with E-state index in [1.165, 1.54) is 0 Å². The molecule has 0 unspecified atom stereocenters. The topological polar surface area (TPSA) is 55.8 Å². The van der Waals surface area contributed by atoms with Crippen molar-refractivity contribution in [1.29, 1.82) is 0 Å². The van der Waals surface area contributed by atoms with Crippen molar-refractivity contribution >= 4 is 23.0 Å². The first-order chi connectivity index (χ1) is 14.0. The minimum Gasteiger partial charge on any atom is -0.508 e. The monoisotopic (exact) mass is 426 g/mol. The summed E-state index contributed by atoms with van der Waals surface area (Å²) in [5, 5.41) is 11.6. The fourth-order valence-corrected chi connectivity index (χ4v) is 4.20. The summed E-state index contributed by atoms with van der Waals surface area (Å²) in [7, 11) is 0. The molecule has 0 spiro atoms. The van der Waals surface area contributed by atoms with Crippen LogP contribution in [0, 0.1) is 6.92 Å². The molecular weight excluding hydrogens is 400 g/mol. The lowest BCUT2D eigenvalue weighted by molar-refractivity contribution is -0.158. The third kappa shape index (κ3) is 3.75. The highest BCUT2D eigenvalue weighted by atomic mass is 35.5. The van der Waals surface area contributed by atoms with Crippen molar-refractivity contribution in [2.24, 2.45) is 0 Å². The quantitative estimate of drug-likeness (QED) is 0.587. The number of rotatable bonds is 4. The van der Waals surface area contributed by atoms with Gasteiger partial charge in [0.25, 0.3) is 0 Å². The number of aliphatic hydroxyl groups is 1. The largest absolute Gasteiger partial charge is 0.508 e. The van der Waals surface area contributed by atoms with Gasteiger partial charge in [0.15, 0.2) is 5.78 Å². The lowest BCUT2D eigenvalue weighted by Crippen LogP contribution is -2.49. The van der Waals surface area contributed by atoms with Gasteiger partial charge in [-0.15, -0.1) is 0 Å². The van der Waals surface area contributed by atoms with E-state index in [0.29, 0.717) is 28.0 Å². The molecule has 4 rings (SSSR count). The van der Waals surface area contributed by atoms with Crippen LogP contribution >= 0.6 is 11.6 Å². The predicted octanol–water partition coefficient (Wildman–Crippen LogP) is 6.74. The lowest BCUT2D eigenvalue weighted by atomic mass is 9.81. The zero-order chi connectivity index (χ0) is 21.8. The Morgan fingerprint density at radius 2 is 1.67 bits per heavy atom. The van der Waals surface area contributed by atoms with Crippen molar-refractivity contribution in [3.8, 4) is 11.5 Å². The van der Waals surface area contributed by atoms with Crippen LogP contribution in [0.25, 0.3) is 5.57 Å².